The molecule has 41 heavy (non-hydrogen) atoms. The maximum Gasteiger partial charge on any atom is 0.300 e. The van der Waals surface area contributed by atoms with Crippen molar-refractivity contribution in [3.05, 3.63) is 96.7 Å². The van der Waals surface area contributed by atoms with Gasteiger partial charge < -0.3 is 20.5 Å². The Morgan fingerprint density at radius 1 is 0.927 bits per heavy atom. The number of amides is 2. The Morgan fingerprint density at radius 3 is 2.00 bits per heavy atom. The third kappa shape index (κ3) is 8.10. The largest absolute Gasteiger partial charge is 0.497 e. The number of hydrogen-bond acceptors (Lipinski definition) is 8. The van der Waals surface area contributed by atoms with Gasteiger partial charge in [-0.1, -0.05) is 36.4 Å². The van der Waals surface area contributed by atoms with E-state index in [0.29, 0.717) is 35.7 Å². The lowest BCUT2D eigenvalue weighted by Crippen LogP contribution is -2.34. The van der Waals surface area contributed by atoms with E-state index in [1.165, 1.54) is 9.80 Å². The van der Waals surface area contributed by atoms with Gasteiger partial charge in [0.2, 0.25) is 18.3 Å². The summed E-state index contributed by atoms with van der Waals surface area (Å²) in [5.74, 6) is 0.0255. The second-order valence-electron chi connectivity index (χ2n) is 8.67. The molecule has 0 unspecified atom stereocenters. The van der Waals surface area contributed by atoms with Crippen molar-refractivity contribution in [2.24, 2.45) is 5.73 Å². The Morgan fingerprint density at radius 2 is 1.49 bits per heavy atom. The number of methoxy groups -OCH3 is 1. The molecule has 212 valence electrons. The molecule has 1 aromatic heterocycles. The highest BCUT2D eigenvalue weighted by molar-refractivity contribution is 6.00. The number of nitrogens with two attached hydrogens (primary N) is 1. The first-order valence-electron chi connectivity index (χ1n) is 12.6. The molecule has 11 nitrogen and oxygen atoms in total. The molecule has 0 spiro atoms. The zero-order valence-electron chi connectivity index (χ0n) is 23.0. The van der Waals surface area contributed by atoms with E-state index in [9.17, 15) is 9.59 Å². The number of aliphatic carboxylic acids is 1. The van der Waals surface area contributed by atoms with E-state index in [1.54, 1.807) is 25.4 Å². The molecule has 1 heterocycles. The van der Waals surface area contributed by atoms with Gasteiger partial charge >= 0.3 is 0 Å². The lowest BCUT2D eigenvalue weighted by molar-refractivity contribution is -0.134. The first-order valence-corrected chi connectivity index (χ1v) is 12.6. The molecule has 0 saturated carbocycles. The van der Waals surface area contributed by atoms with Crippen molar-refractivity contribution in [3.8, 4) is 5.75 Å². The first kappa shape index (κ1) is 30.3. The zero-order valence-corrected chi connectivity index (χ0v) is 23.0. The second kappa shape index (κ2) is 14.8. The number of hydrogen-bond donors (Lipinski definition) is 2. The number of carbonyl (C=O) groups is 3. The van der Waals surface area contributed by atoms with E-state index >= 15 is 0 Å². The molecule has 0 fully saturated rings. The molecule has 0 radical (unpaired) electrons. The Balaban J connectivity index is 0.00000108. The lowest BCUT2D eigenvalue weighted by Gasteiger charge is -2.26. The molecular formula is C30H32N6O5. The van der Waals surface area contributed by atoms with Crippen LogP contribution in [-0.2, 0) is 20.9 Å². The topological polar surface area (TPSA) is 142 Å². The number of aromatic nitrogens is 2. The van der Waals surface area contributed by atoms with Crippen LogP contribution in [0, 0.1) is 0 Å². The Bertz CT molecular complexity index is 1430. The van der Waals surface area contributed by atoms with Gasteiger partial charge in [-0.2, -0.15) is 4.98 Å². The van der Waals surface area contributed by atoms with Gasteiger partial charge in [-0.25, -0.2) is 9.88 Å². The summed E-state index contributed by atoms with van der Waals surface area (Å²) >= 11 is 0. The molecular weight excluding hydrogens is 524 g/mol. The van der Waals surface area contributed by atoms with Crippen LogP contribution in [0.1, 0.15) is 12.5 Å². The van der Waals surface area contributed by atoms with Gasteiger partial charge in [-0.05, 0) is 48.5 Å². The van der Waals surface area contributed by atoms with Crippen LogP contribution in [0.3, 0.4) is 0 Å². The van der Waals surface area contributed by atoms with Crippen LogP contribution >= 0.6 is 0 Å². The molecule has 4 rings (SSSR count). The molecule has 11 heteroatoms. The Kier molecular flexibility index (Phi) is 10.9. The number of anilines is 5. The summed E-state index contributed by atoms with van der Waals surface area (Å²) in [7, 11) is 3.55. The van der Waals surface area contributed by atoms with Gasteiger partial charge in [0.1, 0.15) is 11.6 Å². The molecule has 3 N–H and O–H groups in total. The number of rotatable bonds is 10. The summed E-state index contributed by atoms with van der Waals surface area (Å²) in [4.78, 5) is 48.3. The fourth-order valence-corrected chi connectivity index (χ4v) is 3.86. The van der Waals surface area contributed by atoms with E-state index < -0.39 is 5.97 Å². The third-order valence-electron chi connectivity index (χ3n) is 5.76. The fraction of sp³-hybridized carbons (Fsp3) is 0.167. The van der Waals surface area contributed by atoms with E-state index in [0.717, 1.165) is 18.4 Å². The maximum absolute atomic E-state index is 12.9. The highest BCUT2D eigenvalue weighted by Gasteiger charge is 2.24. The molecule has 0 saturated heterocycles. The van der Waals surface area contributed by atoms with Crippen LogP contribution in [0.2, 0.25) is 0 Å². The monoisotopic (exact) mass is 556 g/mol. The minimum absolute atomic E-state index is 0.121. The van der Waals surface area contributed by atoms with Crippen LogP contribution in [-0.4, -0.2) is 54.1 Å². The van der Waals surface area contributed by atoms with Gasteiger partial charge in [0.05, 0.1) is 25.0 Å². The average Bonchev–Trinajstić information content (AvgIpc) is 2.99. The summed E-state index contributed by atoms with van der Waals surface area (Å²) in [5, 5.41) is 7.42. The predicted molar refractivity (Wildman–Crippen MR) is 158 cm³/mol. The van der Waals surface area contributed by atoms with Gasteiger partial charge in [0.25, 0.3) is 5.97 Å². The number of ether oxygens (including phenoxy) is 1. The standard InChI is InChI=1S/C28H28N6O3.C2H4O2/c1-32(22-13-15-25(37-2)16-14-22)19-21-18-30-28(34(26(36)17-29)24-11-7-4-8-12-24)31-27(21)33(20-35)23-9-5-3-6-10-23;1-2(3)4/h3-16,18,20H,17,19,29H2,1-2H3;1H3,(H,3,4). The van der Waals surface area contributed by atoms with Crippen LogP contribution in [0.4, 0.5) is 28.8 Å². The number of carboxylic acids is 1. The normalized spacial score (nSPS) is 10.0. The van der Waals surface area contributed by atoms with Gasteiger partial charge in [0.15, 0.2) is 0 Å². The summed E-state index contributed by atoms with van der Waals surface area (Å²) < 4.78 is 5.26. The van der Waals surface area contributed by atoms with E-state index in [-0.39, 0.29) is 18.4 Å². The quantitative estimate of drug-likeness (QED) is 0.276. The number of carbonyl (C=O) groups excluding carboxylic acids is 2. The molecule has 0 atom stereocenters. The molecule has 0 aliphatic rings. The number of carboxylic acid groups (broad SMARTS) is 1. The Labute approximate surface area is 238 Å². The summed E-state index contributed by atoms with van der Waals surface area (Å²) in [6, 6.07) is 25.8. The van der Waals surface area contributed by atoms with Crippen molar-refractivity contribution in [3.63, 3.8) is 0 Å². The van der Waals surface area contributed by atoms with Gasteiger partial charge in [-0.3, -0.25) is 19.3 Å². The number of nitrogens with zero attached hydrogens (tertiary/aromatic N) is 5. The highest BCUT2D eigenvalue weighted by Crippen LogP contribution is 2.31. The molecule has 4 aromatic rings. The van der Waals surface area contributed by atoms with Crippen molar-refractivity contribution in [1.82, 2.24) is 9.97 Å². The van der Waals surface area contributed by atoms with Crippen molar-refractivity contribution >= 4 is 47.1 Å². The van der Waals surface area contributed by atoms with Crippen LogP contribution < -0.4 is 25.2 Å². The predicted octanol–water partition coefficient (Wildman–Crippen LogP) is 4.13. The number of benzene rings is 3. The second-order valence-corrected chi connectivity index (χ2v) is 8.67. The molecule has 0 bridgehead atoms. The minimum atomic E-state index is -0.833. The van der Waals surface area contributed by atoms with E-state index in [1.807, 2.05) is 84.7 Å². The van der Waals surface area contributed by atoms with Gasteiger partial charge in [-0.15, -0.1) is 0 Å². The number of para-hydroxylation sites is 2. The van der Waals surface area contributed by atoms with Crippen molar-refractivity contribution in [2.45, 2.75) is 13.5 Å². The molecule has 3 aromatic carbocycles. The van der Waals surface area contributed by atoms with Crippen LogP contribution in [0.5, 0.6) is 5.75 Å². The highest BCUT2D eigenvalue weighted by atomic mass is 16.5. The summed E-state index contributed by atoms with van der Waals surface area (Å²) in [6.45, 7) is 1.25. The van der Waals surface area contributed by atoms with Gasteiger partial charge in [0, 0.05) is 38.0 Å². The van der Waals surface area contributed by atoms with Crippen LogP contribution in [0.15, 0.2) is 91.1 Å². The first-order chi connectivity index (χ1) is 19.8. The Hall–Kier alpha value is -5.29. The van der Waals surface area contributed by atoms with Crippen molar-refractivity contribution < 1.29 is 24.2 Å². The van der Waals surface area contributed by atoms with Crippen LogP contribution in [0.25, 0.3) is 0 Å². The smallest absolute Gasteiger partial charge is 0.300 e. The zero-order chi connectivity index (χ0) is 29.8. The average molecular weight is 557 g/mol. The lowest BCUT2D eigenvalue weighted by atomic mass is 10.2. The molecule has 2 amide bonds. The molecule has 0 aliphatic heterocycles. The fourth-order valence-electron chi connectivity index (χ4n) is 3.86. The van der Waals surface area contributed by atoms with Crippen molar-refractivity contribution in [2.75, 3.05) is 35.4 Å². The third-order valence-corrected chi connectivity index (χ3v) is 5.76. The summed E-state index contributed by atoms with van der Waals surface area (Å²) in [6.07, 6.45) is 2.34. The SMILES string of the molecule is CC(=O)O.COc1ccc(N(C)Cc2cnc(N(C(=O)CN)c3ccccc3)nc2N(C=O)c2ccccc2)cc1. The minimum Gasteiger partial charge on any atom is -0.497 e. The van der Waals surface area contributed by atoms with Crippen molar-refractivity contribution in [1.29, 1.82) is 0 Å². The van der Waals surface area contributed by atoms with E-state index in [4.69, 9.17) is 25.4 Å². The summed E-state index contributed by atoms with van der Waals surface area (Å²) in [5.41, 5.74) is 8.55. The maximum atomic E-state index is 12.9. The molecule has 0 aliphatic carbocycles. The van der Waals surface area contributed by atoms with E-state index in [2.05, 4.69) is 4.98 Å².